The van der Waals surface area contributed by atoms with Crippen LogP contribution in [0.4, 0.5) is 5.69 Å². The monoisotopic (exact) mass is 353 g/mol. The van der Waals surface area contributed by atoms with E-state index in [1.165, 1.54) is 24.0 Å². The number of hydrogen-bond acceptors (Lipinski definition) is 3. The van der Waals surface area contributed by atoms with E-state index in [9.17, 15) is 4.79 Å². The van der Waals surface area contributed by atoms with E-state index in [1.54, 1.807) is 19.2 Å². The molecule has 1 N–H and O–H groups in total. The van der Waals surface area contributed by atoms with E-state index in [2.05, 4.69) is 24.4 Å². The Morgan fingerprint density at radius 1 is 1.08 bits per heavy atom. The summed E-state index contributed by atoms with van der Waals surface area (Å²) in [5.74, 6) is 1.37. The lowest BCUT2D eigenvalue weighted by Crippen LogP contribution is -2.14. The molecule has 0 spiro atoms. The van der Waals surface area contributed by atoms with E-state index in [1.807, 2.05) is 12.1 Å². The topological polar surface area (TPSA) is 47.6 Å². The number of amides is 1. The maximum Gasteiger partial charge on any atom is 0.255 e. The molecule has 4 nitrogen and oxygen atoms in total. The van der Waals surface area contributed by atoms with Crippen molar-refractivity contribution in [2.45, 2.75) is 45.4 Å². The summed E-state index contributed by atoms with van der Waals surface area (Å²) in [5, 5.41) is 2.99. The van der Waals surface area contributed by atoms with Crippen molar-refractivity contribution in [2.24, 2.45) is 0 Å². The third-order valence-electron chi connectivity index (χ3n) is 4.80. The van der Waals surface area contributed by atoms with E-state index < -0.39 is 0 Å². The lowest BCUT2D eigenvalue weighted by Gasteiger charge is -2.19. The number of unbranched alkanes of at least 4 members (excludes halogenated alkanes) is 1. The largest absolute Gasteiger partial charge is 0.495 e. The van der Waals surface area contributed by atoms with Crippen LogP contribution in [0.3, 0.4) is 0 Å². The van der Waals surface area contributed by atoms with Crippen LogP contribution >= 0.6 is 0 Å². The predicted molar refractivity (Wildman–Crippen MR) is 104 cm³/mol. The molecule has 0 saturated heterocycles. The van der Waals surface area contributed by atoms with Crippen molar-refractivity contribution in [2.75, 3.05) is 19.0 Å². The number of carbonyl (C=O) groups excluding carboxylic acids is 1. The number of methoxy groups -OCH3 is 1. The van der Waals surface area contributed by atoms with Crippen molar-refractivity contribution in [3.63, 3.8) is 0 Å². The fourth-order valence-corrected chi connectivity index (χ4v) is 3.26. The summed E-state index contributed by atoms with van der Waals surface area (Å²) in [5.41, 5.74) is 3.99. The maximum atomic E-state index is 12.6. The van der Waals surface area contributed by atoms with E-state index in [0.29, 0.717) is 12.2 Å². The molecule has 0 unspecified atom stereocenters. The molecule has 0 aromatic heterocycles. The minimum Gasteiger partial charge on any atom is -0.495 e. The molecule has 26 heavy (non-hydrogen) atoms. The van der Waals surface area contributed by atoms with Gasteiger partial charge in [-0.2, -0.15) is 0 Å². The zero-order valence-electron chi connectivity index (χ0n) is 15.6. The smallest absolute Gasteiger partial charge is 0.255 e. The van der Waals surface area contributed by atoms with E-state index >= 15 is 0 Å². The second-order valence-electron chi connectivity index (χ2n) is 6.71. The van der Waals surface area contributed by atoms with Crippen LogP contribution in [0.15, 0.2) is 36.4 Å². The van der Waals surface area contributed by atoms with Crippen LogP contribution in [-0.4, -0.2) is 19.6 Å². The molecule has 138 valence electrons. The van der Waals surface area contributed by atoms with E-state index in [-0.39, 0.29) is 5.91 Å². The predicted octanol–water partition coefficient (Wildman–Crippen LogP) is 5.01. The summed E-state index contributed by atoms with van der Waals surface area (Å²) in [4.78, 5) is 12.6. The molecule has 2 aromatic carbocycles. The van der Waals surface area contributed by atoms with Gasteiger partial charge in [0.25, 0.3) is 5.91 Å². The van der Waals surface area contributed by atoms with Gasteiger partial charge in [0.1, 0.15) is 11.5 Å². The summed E-state index contributed by atoms with van der Waals surface area (Å²) in [6.07, 6.45) is 6.69. The van der Waals surface area contributed by atoms with E-state index in [4.69, 9.17) is 9.47 Å². The van der Waals surface area contributed by atoms with Gasteiger partial charge in [-0.15, -0.1) is 0 Å². The summed E-state index contributed by atoms with van der Waals surface area (Å²) < 4.78 is 11.1. The second kappa shape index (κ2) is 8.75. The van der Waals surface area contributed by atoms with Crippen molar-refractivity contribution in [1.29, 1.82) is 0 Å². The van der Waals surface area contributed by atoms with Gasteiger partial charge in [-0.05, 0) is 79.6 Å². The average Bonchev–Trinajstić information content (AvgIpc) is 2.68. The highest BCUT2D eigenvalue weighted by molar-refractivity contribution is 6.05. The van der Waals surface area contributed by atoms with Gasteiger partial charge in [0, 0.05) is 5.56 Å². The lowest BCUT2D eigenvalue weighted by molar-refractivity contribution is 0.102. The van der Waals surface area contributed by atoms with Gasteiger partial charge in [-0.3, -0.25) is 4.79 Å². The van der Waals surface area contributed by atoms with Gasteiger partial charge in [-0.25, -0.2) is 0 Å². The number of hydrogen-bond donors (Lipinski definition) is 1. The van der Waals surface area contributed by atoms with Crippen molar-refractivity contribution < 1.29 is 14.3 Å². The van der Waals surface area contributed by atoms with Gasteiger partial charge in [0.05, 0.1) is 19.4 Å². The quantitative estimate of drug-likeness (QED) is 0.712. The Labute approximate surface area is 155 Å². The number of nitrogens with one attached hydrogen (secondary N) is 1. The van der Waals surface area contributed by atoms with Crippen LogP contribution in [0, 0.1) is 0 Å². The first-order valence-corrected chi connectivity index (χ1v) is 9.45. The minimum atomic E-state index is -0.140. The van der Waals surface area contributed by atoms with Gasteiger partial charge >= 0.3 is 0 Å². The van der Waals surface area contributed by atoms with Crippen molar-refractivity contribution in [3.05, 3.63) is 53.1 Å². The first-order chi connectivity index (χ1) is 12.7. The Morgan fingerprint density at radius 3 is 2.42 bits per heavy atom. The standard InChI is InChI=1S/C22H27NO3/c1-3-4-13-26-19-11-9-16(10-12-19)22(24)23-20-14-17-7-5-6-8-18(17)15-21(20)25-2/h9-12,14-15H,3-8,13H2,1-2H3,(H,23,24). The number of aryl methyl sites for hydroxylation is 2. The Kier molecular flexibility index (Phi) is 6.16. The lowest BCUT2D eigenvalue weighted by atomic mass is 9.91. The van der Waals surface area contributed by atoms with Gasteiger partial charge < -0.3 is 14.8 Å². The van der Waals surface area contributed by atoms with Crippen molar-refractivity contribution in [1.82, 2.24) is 0 Å². The number of ether oxygens (including phenoxy) is 2. The molecule has 0 radical (unpaired) electrons. The summed E-state index contributed by atoms with van der Waals surface area (Å²) in [6, 6.07) is 11.4. The van der Waals surface area contributed by atoms with Crippen LogP contribution in [0.5, 0.6) is 11.5 Å². The molecule has 1 aliphatic carbocycles. The molecule has 3 rings (SSSR count). The summed E-state index contributed by atoms with van der Waals surface area (Å²) in [6.45, 7) is 2.83. The van der Waals surface area contributed by atoms with Crippen molar-refractivity contribution in [3.8, 4) is 11.5 Å². The van der Waals surface area contributed by atoms with Crippen LogP contribution < -0.4 is 14.8 Å². The number of benzene rings is 2. The molecule has 0 bridgehead atoms. The highest BCUT2D eigenvalue weighted by atomic mass is 16.5. The second-order valence-corrected chi connectivity index (χ2v) is 6.71. The molecule has 0 heterocycles. The Balaban J connectivity index is 1.71. The minimum absolute atomic E-state index is 0.140. The molecule has 0 saturated carbocycles. The first kappa shape index (κ1) is 18.3. The normalized spacial score (nSPS) is 13.0. The van der Waals surface area contributed by atoms with Gasteiger partial charge in [0.2, 0.25) is 0 Å². The molecule has 1 aliphatic rings. The highest BCUT2D eigenvalue weighted by Crippen LogP contribution is 2.33. The molecular weight excluding hydrogens is 326 g/mol. The number of rotatable bonds is 7. The van der Waals surface area contributed by atoms with Crippen LogP contribution in [0.2, 0.25) is 0 Å². The number of fused-ring (bicyclic) bond motifs is 1. The fraction of sp³-hybridized carbons (Fsp3) is 0.409. The van der Waals surface area contributed by atoms with Crippen LogP contribution in [0.1, 0.15) is 54.1 Å². The SMILES string of the molecule is CCCCOc1ccc(C(=O)Nc2cc3c(cc2OC)CCCC3)cc1. The molecule has 1 amide bonds. The molecule has 0 aliphatic heterocycles. The zero-order chi connectivity index (χ0) is 18.4. The summed E-state index contributed by atoms with van der Waals surface area (Å²) >= 11 is 0. The Hall–Kier alpha value is -2.49. The Bertz CT molecular complexity index is 753. The number of carbonyl (C=O) groups is 1. The van der Waals surface area contributed by atoms with Gasteiger partial charge in [-0.1, -0.05) is 13.3 Å². The first-order valence-electron chi connectivity index (χ1n) is 9.45. The molecule has 0 atom stereocenters. The Morgan fingerprint density at radius 2 is 1.77 bits per heavy atom. The molecule has 0 fully saturated rings. The van der Waals surface area contributed by atoms with E-state index in [0.717, 1.165) is 42.9 Å². The molecule has 2 aromatic rings. The van der Waals surface area contributed by atoms with Crippen molar-refractivity contribution >= 4 is 11.6 Å². The average molecular weight is 353 g/mol. The summed E-state index contributed by atoms with van der Waals surface area (Å²) in [7, 11) is 1.64. The fourth-order valence-electron chi connectivity index (χ4n) is 3.26. The maximum absolute atomic E-state index is 12.6. The third-order valence-corrected chi connectivity index (χ3v) is 4.80. The highest BCUT2D eigenvalue weighted by Gasteiger charge is 2.16. The number of anilines is 1. The van der Waals surface area contributed by atoms with Gasteiger partial charge in [0.15, 0.2) is 0 Å². The van der Waals surface area contributed by atoms with Crippen LogP contribution in [0.25, 0.3) is 0 Å². The molecule has 4 heteroatoms. The van der Waals surface area contributed by atoms with Crippen LogP contribution in [-0.2, 0) is 12.8 Å². The zero-order valence-corrected chi connectivity index (χ0v) is 15.6. The third kappa shape index (κ3) is 4.37. The molecular formula is C22H27NO3.